The number of benzene rings is 1. The number of hydrogen-bond donors (Lipinski definition) is 2. The first-order valence-electron chi connectivity index (χ1n) is 6.81. The highest BCUT2D eigenvalue weighted by atomic mass is 35.5. The normalized spacial score (nSPS) is 13.2. The molecule has 3 N–H and O–H groups in total. The highest BCUT2D eigenvalue weighted by Crippen LogP contribution is 2.13. The predicted octanol–water partition coefficient (Wildman–Crippen LogP) is -1.46. The van der Waals surface area contributed by atoms with Crippen LogP contribution >= 0.6 is 0 Å². The van der Waals surface area contributed by atoms with E-state index in [1.54, 1.807) is 12.1 Å². The number of ketones is 1. The average molecular weight is 310 g/mol. The summed E-state index contributed by atoms with van der Waals surface area (Å²) < 4.78 is 5.06. The van der Waals surface area contributed by atoms with Crippen molar-refractivity contribution in [3.8, 4) is 0 Å². The molecule has 0 aliphatic heterocycles. The first kappa shape index (κ1) is 17.4. The zero-order valence-electron chi connectivity index (χ0n) is 11.9. The minimum atomic E-state index is -0.532. The number of rotatable bonds is 7. The zero-order chi connectivity index (χ0) is 14.4. The van der Waals surface area contributed by atoms with E-state index >= 15 is 0 Å². The third kappa shape index (κ3) is 5.01. The highest BCUT2D eigenvalue weighted by Gasteiger charge is 2.19. The van der Waals surface area contributed by atoms with Crippen LogP contribution < -0.4 is 17.7 Å². The summed E-state index contributed by atoms with van der Waals surface area (Å²) in [5.74, 6) is 0.391. The Morgan fingerprint density at radius 1 is 1.24 bits per heavy atom. The van der Waals surface area contributed by atoms with Crippen molar-refractivity contribution in [2.24, 2.45) is 0 Å². The molecule has 0 radical (unpaired) electrons. The van der Waals surface area contributed by atoms with E-state index in [0.717, 1.165) is 5.56 Å². The van der Waals surface area contributed by atoms with Crippen molar-refractivity contribution < 1.29 is 32.0 Å². The molecule has 2 rings (SSSR count). The van der Waals surface area contributed by atoms with E-state index in [1.165, 1.54) is 6.26 Å². The summed E-state index contributed by atoms with van der Waals surface area (Å²) in [7, 11) is 0. The molecule has 0 saturated carbocycles. The number of carbonyl (C=O) groups excluding carboxylic acids is 1. The molecular weight excluding hydrogens is 290 g/mol. The van der Waals surface area contributed by atoms with Gasteiger partial charge < -0.3 is 27.2 Å². The topological polar surface area (TPSA) is 67.0 Å². The molecular formula is C16H20ClNO3. The highest BCUT2D eigenvalue weighted by molar-refractivity contribution is 5.93. The van der Waals surface area contributed by atoms with Crippen molar-refractivity contribution in [2.75, 3.05) is 6.54 Å². The van der Waals surface area contributed by atoms with Crippen LogP contribution in [0.4, 0.5) is 0 Å². The van der Waals surface area contributed by atoms with Gasteiger partial charge >= 0.3 is 0 Å². The maximum absolute atomic E-state index is 11.8. The first-order valence-corrected chi connectivity index (χ1v) is 6.81. The van der Waals surface area contributed by atoms with Gasteiger partial charge in [0.05, 0.1) is 19.2 Å². The maximum Gasteiger partial charge on any atom is 0.203 e. The molecule has 0 fully saturated rings. The summed E-state index contributed by atoms with van der Waals surface area (Å²) in [5.41, 5.74) is 0.897. The lowest BCUT2D eigenvalue weighted by atomic mass is 10.0. The van der Waals surface area contributed by atoms with E-state index in [1.807, 2.05) is 42.6 Å². The van der Waals surface area contributed by atoms with Crippen LogP contribution in [-0.4, -0.2) is 23.5 Å². The average Bonchev–Trinajstić information content (AvgIpc) is 3.01. The van der Waals surface area contributed by atoms with Crippen LogP contribution in [-0.2, 0) is 0 Å². The molecule has 21 heavy (non-hydrogen) atoms. The van der Waals surface area contributed by atoms with Gasteiger partial charge in [0.15, 0.2) is 5.76 Å². The second-order valence-electron chi connectivity index (χ2n) is 4.89. The van der Waals surface area contributed by atoms with Gasteiger partial charge in [0.2, 0.25) is 5.78 Å². The number of nitrogens with two attached hydrogens (primary N) is 1. The number of Topliss-reactive ketones (excluding diaryl/α,β-unsaturated/α-hetero) is 1. The summed E-state index contributed by atoms with van der Waals surface area (Å²) in [6.45, 7) is 2.58. The van der Waals surface area contributed by atoms with Gasteiger partial charge in [0, 0.05) is 0 Å². The van der Waals surface area contributed by atoms with E-state index in [2.05, 4.69) is 0 Å². The van der Waals surface area contributed by atoms with E-state index in [-0.39, 0.29) is 24.2 Å². The fourth-order valence-corrected chi connectivity index (χ4v) is 2.12. The van der Waals surface area contributed by atoms with Crippen LogP contribution in [0.25, 0.3) is 0 Å². The summed E-state index contributed by atoms with van der Waals surface area (Å²) in [5, 5.41) is 12.2. The number of aliphatic hydroxyl groups excluding tert-OH is 1. The number of hydrogen-bond acceptors (Lipinski definition) is 3. The van der Waals surface area contributed by atoms with Crippen LogP contribution in [0.2, 0.25) is 0 Å². The molecule has 2 atom stereocenters. The Morgan fingerprint density at radius 2 is 1.95 bits per heavy atom. The molecule has 2 aromatic rings. The van der Waals surface area contributed by atoms with Crippen LogP contribution in [0.15, 0.2) is 53.1 Å². The van der Waals surface area contributed by atoms with Gasteiger partial charge in [-0.05, 0) is 24.6 Å². The number of aliphatic hydroxyl groups is 1. The predicted molar refractivity (Wildman–Crippen MR) is 75.3 cm³/mol. The Morgan fingerprint density at radius 3 is 2.57 bits per heavy atom. The van der Waals surface area contributed by atoms with Crippen LogP contribution in [0, 0.1) is 0 Å². The largest absolute Gasteiger partial charge is 1.00 e. The second kappa shape index (κ2) is 8.62. The van der Waals surface area contributed by atoms with Crippen molar-refractivity contribution in [3.05, 3.63) is 60.1 Å². The fourth-order valence-electron chi connectivity index (χ4n) is 2.12. The molecule has 0 aliphatic rings. The van der Waals surface area contributed by atoms with Crippen LogP contribution in [0.5, 0.6) is 0 Å². The number of halogens is 1. The number of furan rings is 1. The molecule has 1 heterocycles. The summed E-state index contributed by atoms with van der Waals surface area (Å²) in [6, 6.07) is 12.9. The Bertz CT molecular complexity index is 528. The molecule has 0 amide bonds. The van der Waals surface area contributed by atoms with E-state index in [0.29, 0.717) is 18.7 Å². The SMILES string of the molecule is CC([NH2+]CCC(=O)c1ccco1)C(O)c1ccccc1.[Cl-]. The fraction of sp³-hybridized carbons (Fsp3) is 0.312. The van der Waals surface area contributed by atoms with Crippen molar-refractivity contribution in [1.29, 1.82) is 0 Å². The minimum absolute atomic E-state index is 0. The molecule has 4 nitrogen and oxygen atoms in total. The van der Waals surface area contributed by atoms with Gasteiger partial charge in [0.1, 0.15) is 12.1 Å². The maximum atomic E-state index is 11.8. The van der Waals surface area contributed by atoms with E-state index < -0.39 is 6.10 Å². The van der Waals surface area contributed by atoms with Crippen LogP contribution in [0.3, 0.4) is 0 Å². The quantitative estimate of drug-likeness (QED) is 0.615. The van der Waals surface area contributed by atoms with Gasteiger partial charge in [-0.3, -0.25) is 4.79 Å². The molecule has 0 saturated heterocycles. The van der Waals surface area contributed by atoms with Crippen molar-refractivity contribution >= 4 is 5.78 Å². The molecule has 2 unspecified atom stereocenters. The third-order valence-corrected chi connectivity index (χ3v) is 3.34. The van der Waals surface area contributed by atoms with Gasteiger partial charge in [-0.1, -0.05) is 30.3 Å². The summed E-state index contributed by atoms with van der Waals surface area (Å²) in [6.07, 6.45) is 1.37. The van der Waals surface area contributed by atoms with Gasteiger partial charge in [0.25, 0.3) is 0 Å². The molecule has 5 heteroatoms. The molecule has 114 valence electrons. The zero-order valence-corrected chi connectivity index (χ0v) is 12.7. The number of carbonyl (C=O) groups is 1. The second-order valence-corrected chi connectivity index (χ2v) is 4.89. The third-order valence-electron chi connectivity index (χ3n) is 3.34. The molecule has 1 aromatic heterocycles. The van der Waals surface area contributed by atoms with Gasteiger partial charge in [-0.2, -0.15) is 0 Å². The van der Waals surface area contributed by atoms with Crippen LogP contribution in [0.1, 0.15) is 35.6 Å². The van der Waals surface area contributed by atoms with Crippen molar-refractivity contribution in [2.45, 2.75) is 25.5 Å². The first-order chi connectivity index (χ1) is 9.68. The van der Waals surface area contributed by atoms with Gasteiger partial charge in [-0.25, -0.2) is 0 Å². The smallest absolute Gasteiger partial charge is 0.203 e. The molecule has 1 aromatic carbocycles. The monoisotopic (exact) mass is 309 g/mol. The summed E-state index contributed by atoms with van der Waals surface area (Å²) >= 11 is 0. The van der Waals surface area contributed by atoms with Crippen molar-refractivity contribution in [1.82, 2.24) is 0 Å². The van der Waals surface area contributed by atoms with Gasteiger partial charge in [-0.15, -0.1) is 0 Å². The lowest BCUT2D eigenvalue weighted by Crippen LogP contribution is -3.00. The molecule has 0 bridgehead atoms. The summed E-state index contributed by atoms with van der Waals surface area (Å²) in [4.78, 5) is 11.8. The minimum Gasteiger partial charge on any atom is -1.00 e. The van der Waals surface area contributed by atoms with E-state index in [9.17, 15) is 9.90 Å². The van der Waals surface area contributed by atoms with E-state index in [4.69, 9.17) is 4.42 Å². The molecule has 0 aliphatic carbocycles. The standard InChI is InChI=1S/C16H19NO3.ClH/c1-12(16(19)13-6-3-2-4-7-13)17-10-9-14(18)15-8-5-11-20-15;/h2-8,11-12,16-17,19H,9-10H2,1H3;1H. The Labute approximate surface area is 130 Å². The Hall–Kier alpha value is -1.62. The lowest BCUT2D eigenvalue weighted by molar-refractivity contribution is -0.693. The number of quaternary nitrogens is 1. The lowest BCUT2D eigenvalue weighted by Gasteiger charge is -2.17. The van der Waals surface area contributed by atoms with Crippen molar-refractivity contribution in [3.63, 3.8) is 0 Å². The molecule has 0 spiro atoms. The Kier molecular flexibility index (Phi) is 7.15. The Balaban J connectivity index is 0.00000220.